The fraction of sp³-hybridized carbons (Fsp3) is 0.367. The molecule has 1 aliphatic carbocycles. The molecule has 1 heterocycles. The maximum Gasteiger partial charge on any atom is 0.273 e. The number of rotatable bonds is 5. The molecule has 186 valence electrons. The van der Waals surface area contributed by atoms with Gasteiger partial charge in [0.2, 0.25) is 0 Å². The second-order valence-electron chi connectivity index (χ2n) is 9.91. The van der Waals surface area contributed by atoms with Crippen LogP contribution < -0.4 is 20.1 Å². The van der Waals surface area contributed by atoms with E-state index < -0.39 is 5.91 Å². The summed E-state index contributed by atoms with van der Waals surface area (Å²) in [5, 5.41) is 13.1. The van der Waals surface area contributed by atoms with E-state index in [0.29, 0.717) is 15.1 Å². The summed E-state index contributed by atoms with van der Waals surface area (Å²) in [5.74, 6) is 0.0163. The van der Waals surface area contributed by atoms with E-state index in [1.54, 1.807) is 4.57 Å². The summed E-state index contributed by atoms with van der Waals surface area (Å²) in [6.45, 7) is 8.17. The number of benzene rings is 2. The molecule has 1 fully saturated rings. The van der Waals surface area contributed by atoms with Crippen LogP contribution in [0.4, 0.5) is 0 Å². The average Bonchev–Trinajstić information content (AvgIpc) is 3.16. The van der Waals surface area contributed by atoms with Crippen molar-refractivity contribution in [3.63, 3.8) is 0 Å². The Morgan fingerprint density at radius 2 is 1.72 bits per heavy atom. The van der Waals surface area contributed by atoms with Crippen molar-refractivity contribution in [1.82, 2.24) is 9.88 Å². The zero-order chi connectivity index (χ0) is 25.8. The monoisotopic (exact) mass is 499 g/mol. The topological polar surface area (TPSA) is 74.9 Å². The molecule has 0 unspecified atom stereocenters. The first-order chi connectivity index (χ1) is 17.3. The van der Waals surface area contributed by atoms with Crippen LogP contribution in [-0.4, -0.2) is 16.5 Å². The van der Waals surface area contributed by atoms with Gasteiger partial charge in [0, 0.05) is 6.04 Å². The molecular weight excluding hydrogens is 466 g/mol. The molecule has 0 radical (unpaired) electrons. The first kappa shape index (κ1) is 25.7. The highest BCUT2D eigenvalue weighted by Gasteiger charge is 2.22. The molecule has 0 aliphatic heterocycles. The Kier molecular flexibility index (Phi) is 7.91. The Bertz CT molecular complexity index is 1460. The molecule has 1 aliphatic rings. The van der Waals surface area contributed by atoms with Crippen LogP contribution in [0, 0.1) is 25.2 Å². The van der Waals surface area contributed by atoms with Crippen LogP contribution in [0.5, 0.6) is 0 Å². The van der Waals surface area contributed by atoms with Crippen molar-refractivity contribution in [2.75, 3.05) is 0 Å². The number of hydrogen-bond donors (Lipinski definition) is 1. The van der Waals surface area contributed by atoms with Crippen molar-refractivity contribution >= 4 is 28.9 Å². The lowest BCUT2D eigenvalue weighted by atomic mass is 9.95. The molecule has 1 aromatic heterocycles. The minimum absolute atomic E-state index is 0.0138. The number of nitrogens with zero attached hydrogens (tertiary/aromatic N) is 2. The predicted molar refractivity (Wildman–Crippen MR) is 147 cm³/mol. The molecule has 4 rings (SSSR count). The number of hydrogen-bond acceptors (Lipinski definition) is 4. The summed E-state index contributed by atoms with van der Waals surface area (Å²) in [7, 11) is 0. The number of carbonyl (C=O) groups excluding carboxylic acids is 1. The number of amides is 1. The Labute approximate surface area is 216 Å². The Morgan fingerprint density at radius 1 is 1.08 bits per heavy atom. The summed E-state index contributed by atoms with van der Waals surface area (Å²) in [6, 6.07) is 16.2. The van der Waals surface area contributed by atoms with Crippen LogP contribution in [0.3, 0.4) is 0 Å². The lowest BCUT2D eigenvalue weighted by Gasteiger charge is -2.22. The first-order valence-corrected chi connectivity index (χ1v) is 13.5. The van der Waals surface area contributed by atoms with Crippen LogP contribution >= 0.6 is 11.3 Å². The molecule has 0 saturated heterocycles. The van der Waals surface area contributed by atoms with Gasteiger partial charge in [0.05, 0.1) is 10.2 Å². The summed E-state index contributed by atoms with van der Waals surface area (Å²) in [4.78, 5) is 27.1. The summed E-state index contributed by atoms with van der Waals surface area (Å²) in [6.07, 6.45) is 7.02. The highest BCUT2D eigenvalue weighted by molar-refractivity contribution is 7.07. The molecule has 6 heteroatoms. The van der Waals surface area contributed by atoms with Crippen molar-refractivity contribution in [3.05, 3.63) is 84.3 Å². The molecule has 0 atom stereocenters. The lowest BCUT2D eigenvalue weighted by molar-refractivity contribution is -0.116. The number of aromatic nitrogens is 1. The fourth-order valence-corrected chi connectivity index (χ4v) is 5.93. The lowest BCUT2D eigenvalue weighted by Crippen LogP contribution is -2.39. The van der Waals surface area contributed by atoms with E-state index in [1.165, 1.54) is 23.3 Å². The minimum Gasteiger partial charge on any atom is -0.349 e. The Morgan fingerprint density at radius 3 is 2.31 bits per heavy atom. The van der Waals surface area contributed by atoms with Crippen LogP contribution in [0.1, 0.15) is 74.1 Å². The van der Waals surface area contributed by atoms with E-state index in [1.807, 2.05) is 50.3 Å². The number of thiazole rings is 1. The number of para-hydroxylation sites is 1. The molecule has 1 saturated carbocycles. The normalized spacial score (nSPS) is 15.6. The van der Waals surface area contributed by atoms with Crippen molar-refractivity contribution in [2.45, 2.75) is 71.8 Å². The average molecular weight is 500 g/mol. The van der Waals surface area contributed by atoms with Crippen LogP contribution in [-0.2, 0) is 4.79 Å². The smallest absolute Gasteiger partial charge is 0.273 e. The Balaban J connectivity index is 1.93. The van der Waals surface area contributed by atoms with Gasteiger partial charge >= 0.3 is 0 Å². The van der Waals surface area contributed by atoms with E-state index in [9.17, 15) is 14.9 Å². The van der Waals surface area contributed by atoms with E-state index in [-0.39, 0.29) is 17.2 Å². The van der Waals surface area contributed by atoms with Gasteiger partial charge < -0.3 is 5.32 Å². The van der Waals surface area contributed by atoms with Gasteiger partial charge in [-0.25, -0.2) is 0 Å². The summed E-state index contributed by atoms with van der Waals surface area (Å²) < 4.78 is 2.42. The van der Waals surface area contributed by atoms with Crippen molar-refractivity contribution < 1.29 is 4.79 Å². The Hall–Kier alpha value is -3.43. The third kappa shape index (κ3) is 5.37. The van der Waals surface area contributed by atoms with E-state index in [4.69, 9.17) is 0 Å². The zero-order valence-corrected chi connectivity index (χ0v) is 22.2. The summed E-state index contributed by atoms with van der Waals surface area (Å²) >= 11 is 1.20. The van der Waals surface area contributed by atoms with Crippen LogP contribution in [0.2, 0.25) is 0 Å². The zero-order valence-electron chi connectivity index (χ0n) is 21.4. The van der Waals surface area contributed by atoms with Crippen LogP contribution in [0.25, 0.3) is 17.3 Å². The van der Waals surface area contributed by atoms with Gasteiger partial charge in [0.1, 0.15) is 10.7 Å². The standard InChI is InChI=1S/C30H33N3O2S/c1-19(2)23-15-13-22(14-16-23)17-26-29(35)33(27-20(3)9-8-10-21(27)4)30(36-26)25(18-31)28(34)32-24-11-6-5-7-12-24/h8-10,13-17,19,24H,5-7,11-12H2,1-4H3,(H,32,34). The third-order valence-electron chi connectivity index (χ3n) is 6.88. The van der Waals surface area contributed by atoms with E-state index in [2.05, 4.69) is 37.4 Å². The second-order valence-corrected chi connectivity index (χ2v) is 10.9. The molecule has 3 aromatic rings. The molecule has 0 bridgehead atoms. The van der Waals surface area contributed by atoms with E-state index in [0.717, 1.165) is 48.1 Å². The molecule has 1 amide bonds. The predicted octanol–water partition coefficient (Wildman–Crippen LogP) is 4.59. The SMILES string of the molecule is Cc1cccc(C)c1-n1c(=C(C#N)C(=O)NC2CCCCC2)sc(=Cc2ccc(C(C)C)cc2)c1=O. The number of nitrogens with one attached hydrogen (secondary N) is 1. The van der Waals surface area contributed by atoms with Gasteiger partial charge in [-0.1, -0.05) is 75.6 Å². The van der Waals surface area contributed by atoms with Gasteiger partial charge in [0.25, 0.3) is 11.5 Å². The second kappa shape index (κ2) is 11.1. The van der Waals surface area contributed by atoms with Gasteiger partial charge in [-0.2, -0.15) is 5.26 Å². The molecule has 0 spiro atoms. The van der Waals surface area contributed by atoms with Gasteiger partial charge in [-0.3, -0.25) is 14.2 Å². The molecule has 1 N–H and O–H groups in total. The fourth-order valence-electron chi connectivity index (χ4n) is 4.84. The number of carbonyl (C=O) groups is 1. The van der Waals surface area contributed by atoms with Gasteiger partial charge in [0.15, 0.2) is 5.57 Å². The number of nitriles is 1. The quantitative estimate of drug-likeness (QED) is 0.558. The highest BCUT2D eigenvalue weighted by Crippen LogP contribution is 2.19. The van der Waals surface area contributed by atoms with Crippen molar-refractivity contribution in [3.8, 4) is 11.8 Å². The molecular formula is C30H33N3O2S. The van der Waals surface area contributed by atoms with Gasteiger partial charge in [-0.05, 0) is 60.9 Å². The third-order valence-corrected chi connectivity index (χ3v) is 7.97. The maximum atomic E-state index is 13.8. The largest absolute Gasteiger partial charge is 0.349 e. The first-order valence-electron chi connectivity index (χ1n) is 12.7. The van der Waals surface area contributed by atoms with Crippen molar-refractivity contribution in [2.24, 2.45) is 0 Å². The van der Waals surface area contributed by atoms with Crippen LogP contribution in [0.15, 0.2) is 47.3 Å². The van der Waals surface area contributed by atoms with E-state index >= 15 is 0 Å². The molecule has 2 aromatic carbocycles. The number of aryl methyl sites for hydroxylation is 2. The van der Waals surface area contributed by atoms with Gasteiger partial charge in [-0.15, -0.1) is 11.3 Å². The highest BCUT2D eigenvalue weighted by atomic mass is 32.1. The molecule has 5 nitrogen and oxygen atoms in total. The maximum absolute atomic E-state index is 13.8. The minimum atomic E-state index is -0.404. The molecule has 36 heavy (non-hydrogen) atoms. The summed E-state index contributed by atoms with van der Waals surface area (Å²) in [5.41, 5.74) is 4.44. The van der Waals surface area contributed by atoms with Crippen molar-refractivity contribution in [1.29, 1.82) is 5.26 Å².